The van der Waals surface area contributed by atoms with Crippen molar-refractivity contribution >= 4 is 23.1 Å². The van der Waals surface area contributed by atoms with Gasteiger partial charge in [-0.25, -0.2) is 0 Å². The fourth-order valence-corrected chi connectivity index (χ4v) is 5.54. The lowest BCUT2D eigenvalue weighted by Crippen LogP contribution is -2.24. The number of ketones is 4. The van der Waals surface area contributed by atoms with Gasteiger partial charge in [-0.05, 0) is 112 Å². The Balaban J connectivity index is 0.000000293. The summed E-state index contributed by atoms with van der Waals surface area (Å²) in [7, 11) is 0. The van der Waals surface area contributed by atoms with Gasteiger partial charge in [-0.2, -0.15) is 0 Å². The van der Waals surface area contributed by atoms with Crippen molar-refractivity contribution in [3.05, 3.63) is 154 Å². The third-order valence-corrected chi connectivity index (χ3v) is 10.0. The summed E-state index contributed by atoms with van der Waals surface area (Å²) in [4.78, 5) is 47.3. The van der Waals surface area contributed by atoms with Crippen molar-refractivity contribution in [2.75, 3.05) is 0 Å². The zero-order valence-corrected chi connectivity index (χ0v) is 37.7. The Labute approximate surface area is 354 Å². The Morgan fingerprint density at radius 2 is 1.08 bits per heavy atom. The Hall–Kier alpha value is -5.62. The van der Waals surface area contributed by atoms with E-state index in [0.29, 0.717) is 50.7 Å². The van der Waals surface area contributed by atoms with Crippen LogP contribution in [0.5, 0.6) is 23.0 Å². The van der Waals surface area contributed by atoms with Crippen LogP contribution in [0.3, 0.4) is 0 Å². The van der Waals surface area contributed by atoms with Gasteiger partial charge in [0.25, 0.3) is 0 Å². The molecule has 0 radical (unpaired) electrons. The predicted octanol–water partition coefficient (Wildman–Crippen LogP) is 14.8. The zero-order valence-electron chi connectivity index (χ0n) is 37.7. The molecule has 314 valence electrons. The quantitative estimate of drug-likeness (QED) is 0.138. The molecule has 6 rings (SSSR count). The van der Waals surface area contributed by atoms with E-state index in [1.807, 2.05) is 76.2 Å². The summed E-state index contributed by atoms with van der Waals surface area (Å²) in [5.74, 6) is 2.95. The van der Waals surface area contributed by atoms with Crippen molar-refractivity contribution in [2.24, 2.45) is 11.8 Å². The van der Waals surface area contributed by atoms with Gasteiger partial charge in [0.05, 0.1) is 0 Å². The molecular formula is C53H66O6. The van der Waals surface area contributed by atoms with Crippen LogP contribution >= 0.6 is 0 Å². The second-order valence-electron chi connectivity index (χ2n) is 15.7. The number of benzene rings is 5. The van der Waals surface area contributed by atoms with E-state index >= 15 is 0 Å². The number of rotatable bonds is 9. The van der Waals surface area contributed by atoms with Crippen LogP contribution in [0.25, 0.3) is 0 Å². The highest BCUT2D eigenvalue weighted by Gasteiger charge is 2.30. The molecule has 1 unspecified atom stereocenters. The van der Waals surface area contributed by atoms with Gasteiger partial charge in [-0.3, -0.25) is 19.2 Å². The first kappa shape index (κ1) is 49.5. The van der Waals surface area contributed by atoms with E-state index in [4.69, 9.17) is 9.47 Å². The smallest absolute Gasteiger partial charge is 0.166 e. The molecule has 0 saturated heterocycles. The SMILES string of the molecule is CC.CC(=O)c1ccc(Oc2ccc(C)cc2)cc1C(C)=O.CCC(C)(C)c1ccccc1.CCC(C)C.Cc1ccc(Oc2ccc3c(c2)C(=O)CC(C)C3=O)cc1. The van der Waals surface area contributed by atoms with Crippen LogP contribution in [0.15, 0.2) is 115 Å². The molecule has 0 fully saturated rings. The van der Waals surface area contributed by atoms with E-state index in [0.717, 1.165) is 17.0 Å². The molecule has 0 heterocycles. The van der Waals surface area contributed by atoms with Crippen LogP contribution in [0, 0.1) is 25.7 Å². The van der Waals surface area contributed by atoms with Gasteiger partial charge >= 0.3 is 0 Å². The Morgan fingerprint density at radius 1 is 0.644 bits per heavy atom. The number of hydrogen-bond donors (Lipinski definition) is 0. The van der Waals surface area contributed by atoms with Crippen LogP contribution in [-0.4, -0.2) is 23.1 Å². The van der Waals surface area contributed by atoms with Crippen molar-refractivity contribution in [1.82, 2.24) is 0 Å². The van der Waals surface area contributed by atoms with E-state index in [-0.39, 0.29) is 35.5 Å². The van der Waals surface area contributed by atoms with Crippen molar-refractivity contribution in [2.45, 2.75) is 115 Å². The number of carbonyl (C=O) groups excluding carboxylic acids is 4. The average Bonchev–Trinajstić information content (AvgIpc) is 3.23. The van der Waals surface area contributed by atoms with Gasteiger partial charge in [-0.1, -0.05) is 134 Å². The van der Waals surface area contributed by atoms with E-state index in [1.165, 1.54) is 32.3 Å². The summed E-state index contributed by atoms with van der Waals surface area (Å²) in [6.45, 7) is 26.1. The van der Waals surface area contributed by atoms with E-state index in [2.05, 4.69) is 71.9 Å². The number of carbonyl (C=O) groups is 4. The minimum Gasteiger partial charge on any atom is -0.457 e. The highest BCUT2D eigenvalue weighted by molar-refractivity contribution is 6.15. The molecule has 6 heteroatoms. The Morgan fingerprint density at radius 3 is 1.53 bits per heavy atom. The van der Waals surface area contributed by atoms with Crippen LogP contribution < -0.4 is 9.47 Å². The lowest BCUT2D eigenvalue weighted by molar-refractivity contribution is 0.0834. The van der Waals surface area contributed by atoms with Crippen LogP contribution in [0.4, 0.5) is 0 Å². The largest absolute Gasteiger partial charge is 0.457 e. The Bertz CT molecular complexity index is 2090. The second kappa shape index (κ2) is 24.3. The van der Waals surface area contributed by atoms with E-state index in [9.17, 15) is 19.2 Å². The number of fused-ring (bicyclic) bond motifs is 1. The van der Waals surface area contributed by atoms with Gasteiger partial charge < -0.3 is 9.47 Å². The Kier molecular flexibility index (Phi) is 20.4. The summed E-state index contributed by atoms with van der Waals surface area (Å²) in [6, 6.07) is 36.0. The minimum absolute atomic E-state index is 0.00598. The summed E-state index contributed by atoms with van der Waals surface area (Å²) >= 11 is 0. The van der Waals surface area contributed by atoms with Crippen LogP contribution in [0.2, 0.25) is 0 Å². The third-order valence-electron chi connectivity index (χ3n) is 10.0. The molecule has 59 heavy (non-hydrogen) atoms. The van der Waals surface area contributed by atoms with Crippen molar-refractivity contribution in [3.63, 3.8) is 0 Å². The lowest BCUT2D eigenvalue weighted by atomic mass is 9.82. The first-order valence-electron chi connectivity index (χ1n) is 20.9. The lowest BCUT2D eigenvalue weighted by Gasteiger charge is -2.22. The summed E-state index contributed by atoms with van der Waals surface area (Å²) in [5, 5.41) is 0. The fourth-order valence-electron chi connectivity index (χ4n) is 5.54. The van der Waals surface area contributed by atoms with Crippen molar-refractivity contribution in [1.29, 1.82) is 0 Å². The van der Waals surface area contributed by atoms with E-state index in [1.54, 1.807) is 43.3 Å². The third kappa shape index (κ3) is 15.9. The van der Waals surface area contributed by atoms with Gasteiger partial charge in [0.2, 0.25) is 0 Å². The molecule has 5 aromatic carbocycles. The normalized spacial score (nSPS) is 12.7. The zero-order chi connectivity index (χ0) is 44.3. The molecule has 0 saturated carbocycles. The predicted molar refractivity (Wildman–Crippen MR) is 244 cm³/mol. The molecule has 0 aliphatic heterocycles. The molecule has 5 aromatic rings. The topological polar surface area (TPSA) is 86.7 Å². The summed E-state index contributed by atoms with van der Waals surface area (Å²) < 4.78 is 11.4. The number of hydrogen-bond acceptors (Lipinski definition) is 6. The molecule has 1 atom stereocenters. The fraction of sp³-hybridized carbons (Fsp3) is 0.358. The molecule has 1 aliphatic rings. The average molecular weight is 799 g/mol. The molecule has 0 aromatic heterocycles. The maximum atomic E-state index is 12.1. The maximum Gasteiger partial charge on any atom is 0.166 e. The summed E-state index contributed by atoms with van der Waals surface area (Å²) in [5.41, 5.74) is 5.87. The monoisotopic (exact) mass is 798 g/mol. The molecule has 0 bridgehead atoms. The highest BCUT2D eigenvalue weighted by Crippen LogP contribution is 2.31. The number of aryl methyl sites for hydroxylation is 2. The molecule has 0 amide bonds. The molecular weight excluding hydrogens is 733 g/mol. The minimum atomic E-state index is -0.228. The highest BCUT2D eigenvalue weighted by atomic mass is 16.5. The molecule has 0 N–H and O–H groups in total. The van der Waals surface area contributed by atoms with Crippen molar-refractivity contribution < 1.29 is 28.7 Å². The molecule has 0 spiro atoms. The molecule has 1 aliphatic carbocycles. The van der Waals surface area contributed by atoms with Crippen molar-refractivity contribution in [3.8, 4) is 23.0 Å². The first-order valence-corrected chi connectivity index (χ1v) is 20.9. The van der Waals surface area contributed by atoms with Gasteiger partial charge in [0.1, 0.15) is 23.0 Å². The first-order chi connectivity index (χ1) is 27.9. The number of ether oxygens (including phenoxy) is 2. The van der Waals surface area contributed by atoms with Gasteiger partial charge in [-0.15, -0.1) is 0 Å². The standard InChI is InChI=1S/C18H16O3.C17H16O3.C11H16.C5H12.C2H6/c1-11-3-5-13(6-4-11)21-14-7-8-15-16(10-14)17(19)9-12(2)18(15)20;1-11-4-6-14(7-5-11)20-15-8-9-16(12(2)18)17(10-15)13(3)19;1-4-11(2,3)10-8-6-5-7-9-10;1-4-5(2)3;1-2/h3-8,10,12H,9H2,1-2H3;4-10H,1-3H3;5-9H,4H2,1-3H3;5H,4H2,1-3H3;1-2H3. The second-order valence-corrected chi connectivity index (χ2v) is 15.7. The number of Topliss-reactive ketones (excluding diaryl/α,β-unsaturated/α-hetero) is 4. The maximum absolute atomic E-state index is 12.1. The van der Waals surface area contributed by atoms with Crippen LogP contribution in [-0.2, 0) is 5.41 Å². The molecule has 6 nitrogen and oxygen atoms in total. The van der Waals surface area contributed by atoms with Gasteiger partial charge in [0, 0.05) is 34.6 Å². The summed E-state index contributed by atoms with van der Waals surface area (Å²) in [6.07, 6.45) is 2.77. The van der Waals surface area contributed by atoms with Gasteiger partial charge in [0.15, 0.2) is 23.1 Å². The van der Waals surface area contributed by atoms with Crippen LogP contribution in [0.1, 0.15) is 154 Å². The van der Waals surface area contributed by atoms with E-state index < -0.39 is 0 Å².